The van der Waals surface area contributed by atoms with Gasteiger partial charge in [-0.1, -0.05) is 70.1 Å². The molecule has 3 amide bonds. The fourth-order valence-corrected chi connectivity index (χ4v) is 3.38. The number of carbonyl (C=O) groups excluding carboxylic acids is 2. The van der Waals surface area contributed by atoms with Crippen molar-refractivity contribution in [2.75, 3.05) is 5.32 Å². The van der Waals surface area contributed by atoms with Crippen molar-refractivity contribution >= 4 is 75.6 Å². The van der Waals surface area contributed by atoms with Crippen molar-refractivity contribution in [3.63, 3.8) is 0 Å². The molecule has 0 heterocycles. The Kier molecular flexibility index (Phi) is 5.99. The fourth-order valence-electron chi connectivity index (χ4n) is 2.22. The first-order valence-electron chi connectivity index (χ1n) is 7.58. The Morgan fingerprint density at radius 3 is 2.15 bits per heavy atom. The monoisotopic (exact) mass is 466 g/mol. The van der Waals surface area contributed by atoms with Gasteiger partial charge in [0.15, 0.2) is 10.1 Å². The lowest BCUT2D eigenvalue weighted by Crippen LogP contribution is -2.34. The van der Waals surface area contributed by atoms with E-state index in [0.717, 1.165) is 0 Å². The summed E-state index contributed by atoms with van der Waals surface area (Å²) in [5.74, 6) is -0.555. The van der Waals surface area contributed by atoms with Gasteiger partial charge in [-0.2, -0.15) is 0 Å². The average molecular weight is 469 g/mol. The van der Waals surface area contributed by atoms with E-state index >= 15 is 0 Å². The first-order chi connectivity index (χ1) is 12.7. The number of rotatable bonds is 4. The molecule has 2 aromatic rings. The van der Waals surface area contributed by atoms with Crippen molar-refractivity contribution < 1.29 is 14.3 Å². The van der Waals surface area contributed by atoms with Gasteiger partial charge in [-0.05, 0) is 24.3 Å². The number of ether oxygens (including phenoxy) is 1. The molecule has 1 saturated carbocycles. The Balaban J connectivity index is 1.73. The number of benzene rings is 2. The number of urea groups is 1. The number of amides is 3. The van der Waals surface area contributed by atoms with Gasteiger partial charge in [0.05, 0.1) is 26.3 Å². The van der Waals surface area contributed by atoms with Crippen molar-refractivity contribution in [3.05, 3.63) is 57.0 Å². The van der Waals surface area contributed by atoms with Crippen LogP contribution in [0.5, 0.6) is 5.75 Å². The van der Waals surface area contributed by atoms with Crippen LogP contribution in [0.15, 0.2) is 36.4 Å². The molecule has 2 N–H and O–H groups in total. The first-order valence-corrected chi connectivity index (χ1v) is 9.47. The van der Waals surface area contributed by atoms with Crippen molar-refractivity contribution in [3.8, 4) is 5.75 Å². The number of hydrogen-bond donors (Lipinski definition) is 2. The maximum atomic E-state index is 12.3. The summed E-state index contributed by atoms with van der Waals surface area (Å²) in [6, 6.07) is 8.50. The molecule has 5 nitrogen and oxygen atoms in total. The number of anilines is 1. The second-order valence-corrected chi connectivity index (χ2v) is 8.46. The van der Waals surface area contributed by atoms with Crippen LogP contribution in [0.3, 0.4) is 0 Å². The molecule has 1 unspecified atom stereocenters. The minimum Gasteiger partial charge on any atom is -0.483 e. The Hall–Kier alpha value is -1.37. The standard InChI is InChI=1S/C17H11Cl5N2O3/c18-8-3-1-4-9(19)13(8)15(25)24-16(26)23-11-6-2-5-10(20)14(11)27-12-7-17(12,21)22/h1-6,12H,7H2,(H2,23,24,25,26). The molecule has 2 aromatic carbocycles. The third-order valence-electron chi connectivity index (χ3n) is 3.66. The lowest BCUT2D eigenvalue weighted by atomic mass is 10.2. The van der Waals surface area contributed by atoms with Gasteiger partial charge in [-0.3, -0.25) is 10.1 Å². The van der Waals surface area contributed by atoms with E-state index in [0.29, 0.717) is 6.42 Å². The summed E-state index contributed by atoms with van der Waals surface area (Å²) >= 11 is 30.0. The molecule has 1 aliphatic carbocycles. The van der Waals surface area contributed by atoms with E-state index in [1.807, 2.05) is 0 Å². The van der Waals surface area contributed by atoms with Crippen molar-refractivity contribution in [2.24, 2.45) is 0 Å². The summed E-state index contributed by atoms with van der Waals surface area (Å²) in [5.41, 5.74) is 0.236. The number of para-hydroxylation sites is 1. The Bertz CT molecular complexity index is 899. The minimum atomic E-state index is -0.991. The molecule has 0 aliphatic heterocycles. The fraction of sp³-hybridized carbons (Fsp3) is 0.176. The highest BCUT2D eigenvalue weighted by atomic mass is 35.5. The average Bonchev–Trinajstić information content (AvgIpc) is 3.17. The predicted octanol–water partition coefficient (Wildman–Crippen LogP) is 5.93. The predicted molar refractivity (Wildman–Crippen MR) is 108 cm³/mol. The maximum Gasteiger partial charge on any atom is 0.326 e. The quantitative estimate of drug-likeness (QED) is 0.546. The van der Waals surface area contributed by atoms with Crippen LogP contribution in [0.2, 0.25) is 15.1 Å². The van der Waals surface area contributed by atoms with Crippen LogP contribution in [-0.2, 0) is 0 Å². The van der Waals surface area contributed by atoms with E-state index in [9.17, 15) is 9.59 Å². The van der Waals surface area contributed by atoms with E-state index < -0.39 is 22.4 Å². The summed E-state index contributed by atoms with van der Waals surface area (Å²) in [6.07, 6.45) is -0.0240. The number of halogens is 5. The number of hydrogen-bond acceptors (Lipinski definition) is 3. The van der Waals surface area contributed by atoms with Gasteiger partial charge in [-0.15, -0.1) is 0 Å². The van der Waals surface area contributed by atoms with E-state index in [2.05, 4.69) is 10.6 Å². The zero-order valence-corrected chi connectivity index (χ0v) is 17.1. The molecular formula is C17H11Cl5N2O3. The van der Waals surface area contributed by atoms with Crippen LogP contribution in [-0.4, -0.2) is 22.4 Å². The van der Waals surface area contributed by atoms with Gasteiger partial charge in [0.1, 0.15) is 6.10 Å². The third kappa shape index (κ3) is 4.73. The molecule has 10 heteroatoms. The van der Waals surface area contributed by atoms with Crippen LogP contribution in [0.25, 0.3) is 0 Å². The SMILES string of the molecule is O=C(NC(=O)c1c(Cl)cccc1Cl)Nc1cccc(Cl)c1OC1CC1(Cl)Cl. The van der Waals surface area contributed by atoms with Crippen LogP contribution in [0.4, 0.5) is 10.5 Å². The van der Waals surface area contributed by atoms with E-state index in [1.54, 1.807) is 24.3 Å². The largest absolute Gasteiger partial charge is 0.483 e. The highest BCUT2D eigenvalue weighted by Gasteiger charge is 2.54. The molecule has 0 bridgehead atoms. The van der Waals surface area contributed by atoms with Gasteiger partial charge in [0.25, 0.3) is 5.91 Å². The zero-order chi connectivity index (χ0) is 19.8. The number of imide groups is 1. The molecule has 3 rings (SSSR count). The summed E-state index contributed by atoms with van der Waals surface area (Å²) in [7, 11) is 0. The molecule has 1 fully saturated rings. The highest BCUT2D eigenvalue weighted by molar-refractivity contribution is 6.51. The van der Waals surface area contributed by atoms with Crippen LogP contribution in [0, 0.1) is 0 Å². The van der Waals surface area contributed by atoms with Crippen molar-refractivity contribution in [1.29, 1.82) is 0 Å². The summed E-state index contributed by atoms with van der Waals surface area (Å²) in [6.45, 7) is 0. The smallest absolute Gasteiger partial charge is 0.326 e. The van der Waals surface area contributed by atoms with Gasteiger partial charge >= 0.3 is 6.03 Å². The summed E-state index contributed by atoms with van der Waals surface area (Å²) < 4.78 is 4.68. The van der Waals surface area contributed by atoms with Gasteiger partial charge < -0.3 is 10.1 Å². The lowest BCUT2D eigenvalue weighted by Gasteiger charge is -2.14. The first kappa shape index (κ1) is 20.4. The molecule has 142 valence electrons. The summed E-state index contributed by atoms with van der Waals surface area (Å²) in [5, 5.41) is 5.14. The maximum absolute atomic E-state index is 12.3. The zero-order valence-electron chi connectivity index (χ0n) is 13.4. The third-order valence-corrected chi connectivity index (χ3v) is 5.38. The molecule has 0 spiro atoms. The number of alkyl halides is 2. The van der Waals surface area contributed by atoms with E-state index in [4.69, 9.17) is 62.7 Å². The minimum absolute atomic E-state index is 0.00871. The number of nitrogens with one attached hydrogen (secondary N) is 2. The number of carbonyl (C=O) groups is 2. The normalized spacial score (nSPS) is 17.1. The van der Waals surface area contributed by atoms with Crippen molar-refractivity contribution in [2.45, 2.75) is 16.9 Å². The highest BCUT2D eigenvalue weighted by Crippen LogP contribution is 2.50. The Labute approximate surface area is 179 Å². The summed E-state index contributed by atoms with van der Waals surface area (Å²) in [4.78, 5) is 24.5. The van der Waals surface area contributed by atoms with Gasteiger partial charge in [0, 0.05) is 6.42 Å². The second kappa shape index (κ2) is 7.94. The molecule has 0 radical (unpaired) electrons. The van der Waals surface area contributed by atoms with Crippen LogP contribution < -0.4 is 15.4 Å². The molecule has 0 saturated heterocycles. The molecule has 27 heavy (non-hydrogen) atoms. The molecule has 1 aliphatic rings. The van der Waals surface area contributed by atoms with Gasteiger partial charge in [-0.25, -0.2) is 4.79 Å². The van der Waals surface area contributed by atoms with Gasteiger partial charge in [0.2, 0.25) is 0 Å². The molecular weight excluding hydrogens is 457 g/mol. The van der Waals surface area contributed by atoms with E-state index in [1.165, 1.54) is 12.1 Å². The van der Waals surface area contributed by atoms with E-state index in [-0.39, 0.29) is 32.1 Å². The topological polar surface area (TPSA) is 67.4 Å². The van der Waals surface area contributed by atoms with Crippen LogP contribution in [0.1, 0.15) is 16.8 Å². The lowest BCUT2D eigenvalue weighted by molar-refractivity contribution is 0.0967. The Morgan fingerprint density at radius 1 is 1.00 bits per heavy atom. The van der Waals surface area contributed by atoms with Crippen molar-refractivity contribution in [1.82, 2.24) is 5.32 Å². The molecule has 0 aromatic heterocycles. The Morgan fingerprint density at radius 2 is 1.56 bits per heavy atom. The van der Waals surface area contributed by atoms with Crippen LogP contribution >= 0.6 is 58.0 Å². The molecule has 1 atom stereocenters. The second-order valence-electron chi connectivity index (χ2n) is 5.69.